The van der Waals surface area contributed by atoms with Crippen molar-refractivity contribution in [3.05, 3.63) is 39.6 Å². The lowest BCUT2D eigenvalue weighted by Crippen LogP contribution is -2.70. The first-order valence-electron chi connectivity index (χ1n) is 8.99. The summed E-state index contributed by atoms with van der Waals surface area (Å²) in [7, 11) is 0. The van der Waals surface area contributed by atoms with Crippen molar-refractivity contribution in [1.29, 1.82) is 0 Å². The number of halogens is 2. The lowest BCUT2D eigenvalue weighted by molar-refractivity contribution is -0.159. The molecule has 0 aliphatic carbocycles. The second-order valence-electron chi connectivity index (χ2n) is 7.61. The van der Waals surface area contributed by atoms with Gasteiger partial charge >= 0.3 is 5.97 Å². The molecule has 0 radical (unpaired) electrons. The highest BCUT2D eigenvalue weighted by Crippen LogP contribution is 2.51. The topological polar surface area (TPSA) is 144 Å². The van der Waals surface area contributed by atoms with Gasteiger partial charge in [-0.2, -0.15) is 0 Å². The summed E-state index contributed by atoms with van der Waals surface area (Å²) in [6.07, 6.45) is 0. The predicted octanol–water partition coefficient (Wildman–Crippen LogP) is 2.38. The Morgan fingerprint density at radius 2 is 1.90 bits per heavy atom. The van der Waals surface area contributed by atoms with Gasteiger partial charge in [0.25, 0.3) is 5.91 Å². The number of carbonyl (C=O) groups is 3. The number of carboxylic acids is 1. The number of thioether (sulfide) groups is 1. The molecule has 2 amide bonds. The monoisotopic (exact) mass is 487 g/mol. The zero-order chi connectivity index (χ0) is 22.0. The van der Waals surface area contributed by atoms with Gasteiger partial charge in [-0.15, -0.1) is 11.8 Å². The van der Waals surface area contributed by atoms with E-state index in [-0.39, 0.29) is 22.5 Å². The van der Waals surface area contributed by atoms with Crippen LogP contribution in [0.25, 0.3) is 11.3 Å². The number of fused-ring (bicyclic) bond motifs is 1. The number of aromatic nitrogens is 1. The number of carboxylic acid groups (broad SMARTS) is 1. The molecule has 1 aromatic heterocycles. The quantitative estimate of drug-likeness (QED) is 0.629. The standard InChI is InChI=1S/C19H17Cl2N3O5S.H2O/c1-7-10(12(23-29-7)11-8(20)5-4-6-9(11)21)15(25)22-13-16(26)24-14(18(27)28)19(2,3)30-17(13)24;/h4-6,13-14,17H,1-3H3,(H,22,25)(H,27,28);1H2/t13-,14+,17-;/m0./s1. The summed E-state index contributed by atoms with van der Waals surface area (Å²) in [5, 5.41) is 16.3. The second kappa shape index (κ2) is 8.01. The molecule has 1 aromatic carbocycles. The Hall–Kier alpha value is -2.27. The van der Waals surface area contributed by atoms with Gasteiger partial charge in [-0.1, -0.05) is 34.4 Å². The smallest absolute Gasteiger partial charge is 0.327 e. The largest absolute Gasteiger partial charge is 0.480 e. The van der Waals surface area contributed by atoms with E-state index in [1.54, 1.807) is 39.0 Å². The highest BCUT2D eigenvalue weighted by molar-refractivity contribution is 8.01. The summed E-state index contributed by atoms with van der Waals surface area (Å²) < 4.78 is 4.52. The van der Waals surface area contributed by atoms with Gasteiger partial charge in [-0.3, -0.25) is 9.59 Å². The third-order valence-electron chi connectivity index (χ3n) is 5.25. The summed E-state index contributed by atoms with van der Waals surface area (Å²) in [5.74, 6) is -1.84. The fraction of sp³-hybridized carbons (Fsp3) is 0.368. The van der Waals surface area contributed by atoms with Gasteiger partial charge in [-0.05, 0) is 32.9 Å². The highest BCUT2D eigenvalue weighted by atomic mass is 35.5. The maximum Gasteiger partial charge on any atom is 0.327 e. The van der Waals surface area contributed by atoms with E-state index in [0.29, 0.717) is 15.6 Å². The fourth-order valence-electron chi connectivity index (χ4n) is 3.89. The molecular weight excluding hydrogens is 469 g/mol. The van der Waals surface area contributed by atoms with Crippen molar-refractivity contribution in [2.75, 3.05) is 0 Å². The molecule has 0 spiro atoms. The first kappa shape index (κ1) is 23.4. The Morgan fingerprint density at radius 1 is 1.29 bits per heavy atom. The van der Waals surface area contributed by atoms with Gasteiger partial charge in [0.05, 0.1) is 10.0 Å². The number of β-lactam (4-membered cyclic amide) rings is 1. The molecule has 0 unspecified atom stereocenters. The van der Waals surface area contributed by atoms with Gasteiger partial charge in [0.15, 0.2) is 0 Å². The minimum atomic E-state index is -1.07. The SMILES string of the molecule is Cc1onc(-c2c(Cl)cccc2Cl)c1C(=O)N[C@H]1C(=O)N2[C@H]1SC(C)(C)[C@H]2C(=O)O.O. The summed E-state index contributed by atoms with van der Waals surface area (Å²) >= 11 is 13.8. The number of nitrogens with zero attached hydrogens (tertiary/aromatic N) is 2. The van der Waals surface area contributed by atoms with Crippen LogP contribution in [0.2, 0.25) is 10.0 Å². The molecule has 0 saturated carbocycles. The Kier molecular flexibility index (Phi) is 6.05. The van der Waals surface area contributed by atoms with Crippen LogP contribution in [0, 0.1) is 6.92 Å². The van der Waals surface area contributed by atoms with E-state index in [9.17, 15) is 19.5 Å². The summed E-state index contributed by atoms with van der Waals surface area (Å²) in [4.78, 5) is 38.7. The van der Waals surface area contributed by atoms with Gasteiger partial charge < -0.3 is 25.3 Å². The van der Waals surface area contributed by atoms with Crippen LogP contribution in [0.5, 0.6) is 0 Å². The first-order valence-corrected chi connectivity index (χ1v) is 10.6. The van der Waals surface area contributed by atoms with Gasteiger partial charge in [0.1, 0.15) is 34.5 Å². The maximum absolute atomic E-state index is 13.1. The van der Waals surface area contributed by atoms with Crippen LogP contribution in [0.15, 0.2) is 22.7 Å². The van der Waals surface area contributed by atoms with E-state index in [0.717, 1.165) is 0 Å². The lowest BCUT2D eigenvalue weighted by atomic mass is 9.95. The van der Waals surface area contributed by atoms with Crippen molar-refractivity contribution in [3.63, 3.8) is 0 Å². The van der Waals surface area contributed by atoms with Gasteiger partial charge in [-0.25, -0.2) is 4.79 Å². The first-order chi connectivity index (χ1) is 14.0. The van der Waals surface area contributed by atoms with Crippen LogP contribution in [0.1, 0.15) is 30.0 Å². The molecule has 166 valence electrons. The van der Waals surface area contributed by atoms with Crippen molar-refractivity contribution in [2.45, 2.75) is 43.0 Å². The molecule has 4 N–H and O–H groups in total. The Bertz CT molecular complexity index is 1070. The second-order valence-corrected chi connectivity index (χ2v) is 10.2. The average Bonchev–Trinajstić information content (AvgIpc) is 3.14. The number of rotatable bonds is 4. The van der Waals surface area contributed by atoms with Gasteiger partial charge in [0, 0.05) is 10.3 Å². The van der Waals surface area contributed by atoms with Crippen molar-refractivity contribution < 1.29 is 29.5 Å². The third-order valence-corrected chi connectivity index (χ3v) is 7.45. The zero-order valence-electron chi connectivity index (χ0n) is 16.6. The molecule has 4 rings (SSSR count). The van der Waals surface area contributed by atoms with E-state index in [4.69, 9.17) is 27.7 Å². The Labute approximate surface area is 191 Å². The molecule has 2 saturated heterocycles. The molecule has 12 heteroatoms. The number of hydrogen-bond donors (Lipinski definition) is 2. The Balaban J connectivity index is 0.00000272. The number of amides is 2. The van der Waals surface area contributed by atoms with E-state index < -0.39 is 40.0 Å². The van der Waals surface area contributed by atoms with E-state index in [1.807, 2.05) is 0 Å². The highest BCUT2D eigenvalue weighted by Gasteiger charge is 2.64. The summed E-state index contributed by atoms with van der Waals surface area (Å²) in [6, 6.07) is 3.09. The molecule has 3 heterocycles. The predicted molar refractivity (Wildman–Crippen MR) is 115 cm³/mol. The summed E-state index contributed by atoms with van der Waals surface area (Å²) in [6.45, 7) is 5.10. The number of hydrogen-bond acceptors (Lipinski definition) is 6. The van der Waals surface area contributed by atoms with E-state index in [2.05, 4.69) is 10.5 Å². The maximum atomic E-state index is 13.1. The fourth-order valence-corrected chi connectivity index (χ4v) is 6.09. The molecule has 0 bridgehead atoms. The van der Waals surface area contributed by atoms with Crippen LogP contribution in [0.4, 0.5) is 0 Å². The number of carbonyl (C=O) groups excluding carboxylic acids is 2. The van der Waals surface area contributed by atoms with E-state index in [1.165, 1.54) is 16.7 Å². The van der Waals surface area contributed by atoms with Crippen molar-refractivity contribution in [1.82, 2.24) is 15.4 Å². The number of nitrogens with one attached hydrogen (secondary N) is 1. The molecule has 2 aliphatic rings. The number of benzene rings is 1. The number of aliphatic carboxylic acids is 1. The lowest BCUT2D eigenvalue weighted by Gasteiger charge is -2.43. The molecule has 2 aliphatic heterocycles. The normalized spacial score (nSPS) is 23.6. The van der Waals surface area contributed by atoms with Crippen molar-refractivity contribution in [3.8, 4) is 11.3 Å². The molecule has 2 fully saturated rings. The molecule has 9 nitrogen and oxygen atoms in total. The number of aryl methyl sites for hydroxylation is 1. The van der Waals surface area contributed by atoms with Gasteiger partial charge in [0.2, 0.25) is 5.91 Å². The van der Waals surface area contributed by atoms with Crippen LogP contribution < -0.4 is 5.32 Å². The Morgan fingerprint density at radius 3 is 2.48 bits per heavy atom. The third kappa shape index (κ3) is 3.57. The summed E-state index contributed by atoms with van der Waals surface area (Å²) in [5.41, 5.74) is 0.645. The minimum Gasteiger partial charge on any atom is -0.480 e. The molecule has 2 aromatic rings. The van der Waals surface area contributed by atoms with Crippen LogP contribution in [0.3, 0.4) is 0 Å². The minimum absolute atomic E-state index is 0. The molecule has 3 atom stereocenters. The zero-order valence-corrected chi connectivity index (χ0v) is 18.9. The van der Waals surface area contributed by atoms with Crippen LogP contribution >= 0.6 is 35.0 Å². The average molecular weight is 488 g/mol. The molecular formula is C19H19Cl2N3O6S. The van der Waals surface area contributed by atoms with Crippen molar-refractivity contribution in [2.24, 2.45) is 0 Å². The van der Waals surface area contributed by atoms with Crippen LogP contribution in [-0.4, -0.2) is 60.6 Å². The molecule has 31 heavy (non-hydrogen) atoms. The van der Waals surface area contributed by atoms with Crippen molar-refractivity contribution >= 4 is 52.7 Å². The van der Waals surface area contributed by atoms with Crippen LogP contribution in [-0.2, 0) is 9.59 Å². The van der Waals surface area contributed by atoms with E-state index >= 15 is 0 Å².